The summed E-state index contributed by atoms with van der Waals surface area (Å²) in [5, 5.41) is 47.6. The Morgan fingerprint density at radius 3 is 2.56 bits per heavy atom. The second kappa shape index (κ2) is 7.38. The van der Waals surface area contributed by atoms with Crippen molar-refractivity contribution in [2.45, 2.75) is 24.5 Å². The van der Waals surface area contributed by atoms with Crippen LogP contribution in [0.4, 0.5) is 11.8 Å². The molecule has 13 heteroatoms. The van der Waals surface area contributed by atoms with E-state index < -0.39 is 30.5 Å². The molecule has 2 heterocycles. The van der Waals surface area contributed by atoms with Crippen molar-refractivity contribution in [1.29, 1.82) is 0 Å². The molecular formula is C14H13Cl2N5O6. The van der Waals surface area contributed by atoms with Crippen molar-refractivity contribution in [3.63, 3.8) is 0 Å². The standard InChI is InChI=1S/C14H13Cl2N5O6/c15-5-3-1-2-4(6(5)16)7-11(18-14(17)20-19-7)21-12(24)9(23)8(22)10(27-21)13(25)26/h1-3,8-10,12,22-24H,(H,25,26)(H2,17,18,20)/t8-,9-,10-,12+/m1/s1. The minimum absolute atomic E-state index is 0.0523. The summed E-state index contributed by atoms with van der Waals surface area (Å²) < 4.78 is 0. The first kappa shape index (κ1) is 19.5. The number of aliphatic hydroxyl groups is 3. The maximum Gasteiger partial charge on any atom is 0.338 e. The maximum atomic E-state index is 11.3. The Labute approximate surface area is 161 Å². The molecule has 1 fully saturated rings. The van der Waals surface area contributed by atoms with Crippen LogP contribution < -0.4 is 10.8 Å². The number of aliphatic hydroxyl groups excluding tert-OH is 3. The van der Waals surface area contributed by atoms with Gasteiger partial charge < -0.3 is 26.2 Å². The molecule has 144 valence electrons. The average molecular weight is 418 g/mol. The van der Waals surface area contributed by atoms with Crippen LogP contribution in [0, 0.1) is 0 Å². The van der Waals surface area contributed by atoms with Crippen LogP contribution in [-0.4, -0.2) is 66.1 Å². The number of carboxylic acids is 1. The Bertz CT molecular complexity index is 887. The molecule has 6 N–H and O–H groups in total. The number of anilines is 2. The number of nitrogens with zero attached hydrogens (tertiary/aromatic N) is 4. The lowest BCUT2D eigenvalue weighted by Crippen LogP contribution is -2.62. The van der Waals surface area contributed by atoms with Gasteiger partial charge in [-0.15, -0.1) is 10.2 Å². The molecule has 4 atom stereocenters. The monoisotopic (exact) mass is 417 g/mol. The number of nitrogens with two attached hydrogens (primary N) is 1. The minimum Gasteiger partial charge on any atom is -0.479 e. The number of halogens is 2. The van der Waals surface area contributed by atoms with Gasteiger partial charge in [0.2, 0.25) is 12.1 Å². The Morgan fingerprint density at radius 1 is 1.19 bits per heavy atom. The van der Waals surface area contributed by atoms with E-state index in [2.05, 4.69) is 15.2 Å². The first-order valence-corrected chi connectivity index (χ1v) is 8.15. The number of hydrogen-bond donors (Lipinski definition) is 5. The number of benzene rings is 1. The molecule has 2 aromatic rings. The van der Waals surface area contributed by atoms with Crippen molar-refractivity contribution in [3.8, 4) is 11.3 Å². The molecule has 1 aromatic carbocycles. The van der Waals surface area contributed by atoms with Crippen molar-refractivity contribution in [2.75, 3.05) is 10.8 Å². The SMILES string of the molecule is Nc1nnc(-c2cccc(Cl)c2Cl)c(N2O[C@@H](C(=O)O)[C@H](O)[C@@H](O)[C@@H]2O)n1. The fourth-order valence-corrected chi connectivity index (χ4v) is 2.84. The number of hydroxylamine groups is 1. The predicted molar refractivity (Wildman–Crippen MR) is 92.7 cm³/mol. The average Bonchev–Trinajstić information content (AvgIpc) is 2.62. The van der Waals surface area contributed by atoms with Gasteiger partial charge in [0.1, 0.15) is 17.9 Å². The smallest absolute Gasteiger partial charge is 0.338 e. The highest BCUT2D eigenvalue weighted by molar-refractivity contribution is 6.43. The first-order valence-electron chi connectivity index (χ1n) is 7.40. The van der Waals surface area contributed by atoms with Crippen LogP contribution in [0.3, 0.4) is 0 Å². The summed E-state index contributed by atoms with van der Waals surface area (Å²) in [6, 6.07) is 4.62. The topological polar surface area (TPSA) is 175 Å². The van der Waals surface area contributed by atoms with Gasteiger partial charge in [0, 0.05) is 5.56 Å². The molecule has 0 aliphatic carbocycles. The van der Waals surface area contributed by atoms with Crippen molar-refractivity contribution >= 4 is 40.9 Å². The molecule has 11 nitrogen and oxygen atoms in total. The van der Waals surface area contributed by atoms with Crippen LogP contribution in [0.2, 0.25) is 10.0 Å². The molecule has 0 amide bonds. The molecule has 3 rings (SSSR count). The Kier molecular flexibility index (Phi) is 5.33. The van der Waals surface area contributed by atoms with Gasteiger partial charge >= 0.3 is 5.97 Å². The molecule has 1 aliphatic rings. The second-order valence-electron chi connectivity index (χ2n) is 5.53. The van der Waals surface area contributed by atoms with Crippen LogP contribution in [0.25, 0.3) is 11.3 Å². The lowest BCUT2D eigenvalue weighted by Gasteiger charge is -2.41. The summed E-state index contributed by atoms with van der Waals surface area (Å²) in [7, 11) is 0. The first-order chi connectivity index (χ1) is 12.7. The van der Waals surface area contributed by atoms with Gasteiger partial charge in [-0.25, -0.2) is 9.86 Å². The Hall–Kier alpha value is -2.28. The summed E-state index contributed by atoms with van der Waals surface area (Å²) in [6.45, 7) is 0. The van der Waals surface area contributed by atoms with Gasteiger partial charge in [-0.1, -0.05) is 35.3 Å². The molecule has 0 spiro atoms. The summed E-state index contributed by atoms with van der Waals surface area (Å²) in [6.07, 6.45) is -7.55. The zero-order valence-corrected chi connectivity index (χ0v) is 14.8. The normalized spacial score (nSPS) is 25.4. The van der Waals surface area contributed by atoms with Crippen LogP contribution in [0.1, 0.15) is 0 Å². The number of aliphatic carboxylic acids is 1. The van der Waals surface area contributed by atoms with Crippen LogP contribution in [0.5, 0.6) is 0 Å². The van der Waals surface area contributed by atoms with E-state index in [0.29, 0.717) is 5.06 Å². The van der Waals surface area contributed by atoms with E-state index in [-0.39, 0.29) is 33.1 Å². The van der Waals surface area contributed by atoms with E-state index in [4.69, 9.17) is 33.8 Å². The van der Waals surface area contributed by atoms with Crippen molar-refractivity contribution in [3.05, 3.63) is 28.2 Å². The molecule has 0 radical (unpaired) electrons. The van der Waals surface area contributed by atoms with E-state index in [0.717, 1.165) is 0 Å². The van der Waals surface area contributed by atoms with E-state index in [9.17, 15) is 25.2 Å². The molecule has 1 aromatic heterocycles. The van der Waals surface area contributed by atoms with Crippen LogP contribution in [0.15, 0.2) is 18.2 Å². The lowest BCUT2D eigenvalue weighted by molar-refractivity contribution is -0.211. The minimum atomic E-state index is -1.89. The van der Waals surface area contributed by atoms with E-state index in [1.807, 2.05) is 0 Å². The van der Waals surface area contributed by atoms with Gasteiger partial charge in [-0.2, -0.15) is 4.98 Å². The second-order valence-corrected chi connectivity index (χ2v) is 6.31. The summed E-state index contributed by atoms with van der Waals surface area (Å²) in [5.74, 6) is -2.18. The summed E-state index contributed by atoms with van der Waals surface area (Å²) in [5.41, 5.74) is 5.73. The largest absolute Gasteiger partial charge is 0.479 e. The van der Waals surface area contributed by atoms with Crippen LogP contribution in [-0.2, 0) is 9.63 Å². The zero-order chi connectivity index (χ0) is 19.9. The zero-order valence-electron chi connectivity index (χ0n) is 13.3. The third-order valence-electron chi connectivity index (χ3n) is 3.78. The van der Waals surface area contributed by atoms with Crippen molar-refractivity contribution < 1.29 is 30.1 Å². The van der Waals surface area contributed by atoms with Gasteiger partial charge in [-0.3, -0.25) is 4.84 Å². The number of nitrogen functional groups attached to an aromatic ring is 1. The fraction of sp³-hybridized carbons (Fsp3) is 0.286. The number of aromatic nitrogens is 3. The number of carboxylic acid groups (broad SMARTS) is 1. The molecule has 0 unspecified atom stereocenters. The molecule has 1 aliphatic heterocycles. The fourth-order valence-electron chi connectivity index (χ4n) is 2.45. The molecule has 0 bridgehead atoms. The van der Waals surface area contributed by atoms with Gasteiger partial charge in [-0.05, 0) is 6.07 Å². The van der Waals surface area contributed by atoms with E-state index >= 15 is 0 Å². The highest BCUT2D eigenvalue weighted by atomic mass is 35.5. The number of carbonyl (C=O) groups is 1. The summed E-state index contributed by atoms with van der Waals surface area (Å²) >= 11 is 12.2. The third kappa shape index (κ3) is 3.48. The lowest BCUT2D eigenvalue weighted by atomic mass is 10.0. The number of rotatable bonds is 3. The van der Waals surface area contributed by atoms with Crippen LogP contribution >= 0.6 is 23.2 Å². The van der Waals surface area contributed by atoms with Gasteiger partial charge in [0.25, 0.3) is 0 Å². The van der Waals surface area contributed by atoms with E-state index in [1.165, 1.54) is 12.1 Å². The molecule has 1 saturated heterocycles. The highest BCUT2D eigenvalue weighted by Crippen LogP contribution is 2.38. The van der Waals surface area contributed by atoms with Gasteiger partial charge in [0.05, 0.1) is 10.0 Å². The van der Waals surface area contributed by atoms with Gasteiger partial charge in [0.15, 0.2) is 12.0 Å². The van der Waals surface area contributed by atoms with Crippen molar-refractivity contribution in [1.82, 2.24) is 15.2 Å². The van der Waals surface area contributed by atoms with Crippen molar-refractivity contribution in [2.24, 2.45) is 0 Å². The predicted octanol–water partition coefficient (Wildman–Crippen LogP) is -0.327. The molecular weight excluding hydrogens is 405 g/mol. The molecule has 27 heavy (non-hydrogen) atoms. The molecule has 0 saturated carbocycles. The van der Waals surface area contributed by atoms with E-state index in [1.54, 1.807) is 6.07 Å². The summed E-state index contributed by atoms with van der Waals surface area (Å²) in [4.78, 5) is 20.3. The quantitative estimate of drug-likeness (QED) is 0.441. The third-order valence-corrected chi connectivity index (χ3v) is 4.60. The number of hydrogen-bond acceptors (Lipinski definition) is 10. The highest BCUT2D eigenvalue weighted by Gasteiger charge is 2.47. The Morgan fingerprint density at radius 2 is 1.89 bits per heavy atom. The Balaban J connectivity index is 2.14. The maximum absolute atomic E-state index is 11.3.